The molecule has 0 spiro atoms. The second-order valence-electron chi connectivity index (χ2n) is 13.1. The molecule has 5 rings (SSSR count). The Morgan fingerprint density at radius 1 is 1.23 bits per heavy atom. The lowest BCUT2D eigenvalue weighted by molar-refractivity contribution is -0.117. The quantitative estimate of drug-likeness (QED) is 0.207. The van der Waals surface area contributed by atoms with E-state index in [0.717, 1.165) is 83.2 Å². The molecule has 0 bridgehead atoms. The largest absolute Gasteiger partial charge is 0.494 e. The Labute approximate surface area is 279 Å². The molecule has 1 aliphatic heterocycles. The van der Waals surface area contributed by atoms with E-state index in [2.05, 4.69) is 62.0 Å². The number of hydrogen-bond donors (Lipinski definition) is 1. The van der Waals surface area contributed by atoms with Crippen LogP contribution in [0.5, 0.6) is 5.75 Å². The van der Waals surface area contributed by atoms with Crippen molar-refractivity contribution in [2.45, 2.75) is 58.8 Å². The molecule has 1 fully saturated rings. The van der Waals surface area contributed by atoms with Crippen molar-refractivity contribution in [3.63, 3.8) is 0 Å². The van der Waals surface area contributed by atoms with Crippen LogP contribution in [0.2, 0.25) is 0 Å². The van der Waals surface area contributed by atoms with Gasteiger partial charge in [-0.25, -0.2) is 4.39 Å². The number of hydrogen-bond acceptors (Lipinski definition) is 3. The molecule has 4 nitrogen and oxygen atoms in total. The van der Waals surface area contributed by atoms with Crippen molar-refractivity contribution in [3.8, 4) is 5.75 Å². The first-order valence-corrected chi connectivity index (χ1v) is 16.4. The molecule has 0 saturated heterocycles. The fourth-order valence-electron chi connectivity index (χ4n) is 7.03. The first-order chi connectivity index (χ1) is 22.6. The zero-order valence-electron chi connectivity index (χ0n) is 28.1. The van der Waals surface area contributed by atoms with Crippen LogP contribution in [0.25, 0.3) is 5.57 Å². The smallest absolute Gasteiger partial charge is 0.247 e. The van der Waals surface area contributed by atoms with Crippen LogP contribution in [0.1, 0.15) is 64.4 Å². The van der Waals surface area contributed by atoms with Crippen molar-refractivity contribution in [1.29, 1.82) is 0 Å². The highest BCUT2D eigenvalue weighted by atomic mass is 19.1. The van der Waals surface area contributed by atoms with E-state index in [1.165, 1.54) is 29.9 Å². The number of nitrogens with zero attached hydrogens (tertiary/aromatic N) is 1. The van der Waals surface area contributed by atoms with Gasteiger partial charge in [0.1, 0.15) is 0 Å². The Balaban J connectivity index is 1.28. The molecule has 1 heterocycles. The molecule has 1 saturated carbocycles. The Morgan fingerprint density at radius 3 is 2.68 bits per heavy atom. The van der Waals surface area contributed by atoms with Crippen molar-refractivity contribution in [1.82, 2.24) is 5.32 Å². The summed E-state index contributed by atoms with van der Waals surface area (Å²) in [7, 11) is 3.13. The molecule has 1 aromatic carbocycles. The van der Waals surface area contributed by atoms with Crippen molar-refractivity contribution in [2.75, 3.05) is 14.2 Å². The first kappa shape index (κ1) is 33.6. The number of carbonyl (C=O) groups excluding carboxylic acids is 1. The van der Waals surface area contributed by atoms with Crippen LogP contribution in [-0.2, 0) is 4.79 Å². The SMILES string of the molecule is C=CC(C)=C(C(=C)C(=C)C1(C)CCC(CC2=NC=C=CC3=C2C=C(C2=CC=C(C(=O)NC)CC=C2)C3)CC1)c1ccc(OC)c(F)c1. The fraction of sp³-hybridized carbons (Fsp3) is 0.310. The van der Waals surface area contributed by atoms with E-state index in [1.54, 1.807) is 25.4 Å². The van der Waals surface area contributed by atoms with Crippen molar-refractivity contribution < 1.29 is 13.9 Å². The zero-order valence-corrected chi connectivity index (χ0v) is 28.1. The molecule has 0 atom stereocenters. The second kappa shape index (κ2) is 14.4. The van der Waals surface area contributed by atoms with Gasteiger partial charge in [-0.15, -0.1) is 5.73 Å². The van der Waals surface area contributed by atoms with E-state index in [0.29, 0.717) is 12.3 Å². The third-order valence-corrected chi connectivity index (χ3v) is 10.1. The minimum atomic E-state index is -0.409. The molecule has 4 aliphatic rings. The van der Waals surface area contributed by atoms with Gasteiger partial charge in [-0.1, -0.05) is 63.1 Å². The van der Waals surface area contributed by atoms with Crippen molar-refractivity contribution in [2.24, 2.45) is 16.3 Å². The molecule has 5 heteroatoms. The molecule has 1 N–H and O–H groups in total. The maximum Gasteiger partial charge on any atom is 0.247 e. The lowest BCUT2D eigenvalue weighted by atomic mass is 9.64. The van der Waals surface area contributed by atoms with E-state index in [1.807, 2.05) is 25.1 Å². The highest BCUT2D eigenvalue weighted by Gasteiger charge is 2.36. The lowest BCUT2D eigenvalue weighted by Gasteiger charge is -2.40. The van der Waals surface area contributed by atoms with Crippen LogP contribution in [0.4, 0.5) is 4.39 Å². The number of likely N-dealkylation sites (N-methyl/N-ethyl adjacent to an activating group) is 1. The normalized spacial score (nSPS) is 22.5. The van der Waals surface area contributed by atoms with Gasteiger partial charge in [0.25, 0.3) is 0 Å². The lowest BCUT2D eigenvalue weighted by Crippen LogP contribution is -2.28. The minimum Gasteiger partial charge on any atom is -0.494 e. The third-order valence-electron chi connectivity index (χ3n) is 10.1. The zero-order chi connectivity index (χ0) is 33.7. The summed E-state index contributed by atoms with van der Waals surface area (Å²) in [6, 6.07) is 5.02. The number of benzene rings is 1. The van der Waals surface area contributed by atoms with Gasteiger partial charge in [-0.3, -0.25) is 9.79 Å². The summed E-state index contributed by atoms with van der Waals surface area (Å²) in [5.41, 5.74) is 14.1. The van der Waals surface area contributed by atoms with Crippen LogP contribution in [0, 0.1) is 17.2 Å². The van der Waals surface area contributed by atoms with Crippen LogP contribution < -0.4 is 10.1 Å². The number of rotatable bonds is 10. The predicted molar refractivity (Wildman–Crippen MR) is 193 cm³/mol. The minimum absolute atomic E-state index is 0.0446. The number of amides is 1. The standard InChI is InChI=1S/C42H45FN2O2/c1-8-27(2)40(34-16-17-39(47-7)37(43)26-34)28(3)29(4)42(5)20-18-30(19-21-42)23-38-36-25-35(24-33(36)13-10-22-45-38)31-11-9-12-32(15-14-31)41(46)44-6/h8-9,11,13-17,22,25-26,30H,1,3-4,12,18-21,23-24H2,2,5-7H3,(H,44,46). The van der Waals surface area contributed by atoms with Gasteiger partial charge < -0.3 is 10.1 Å². The van der Waals surface area contributed by atoms with Gasteiger partial charge in [0.05, 0.1) is 13.3 Å². The molecule has 1 amide bonds. The third kappa shape index (κ3) is 7.16. The number of ether oxygens (including phenoxy) is 1. The van der Waals surface area contributed by atoms with Crippen molar-refractivity contribution >= 4 is 17.2 Å². The number of halogens is 1. The van der Waals surface area contributed by atoms with E-state index >= 15 is 0 Å². The number of methoxy groups -OCH3 is 1. The molecule has 1 aromatic rings. The average molecular weight is 629 g/mol. The molecule has 0 unspecified atom stereocenters. The summed E-state index contributed by atoms with van der Waals surface area (Å²) in [6.45, 7) is 17.3. The summed E-state index contributed by atoms with van der Waals surface area (Å²) in [6.07, 6.45) is 22.5. The molecule has 242 valence electrons. The Bertz CT molecular complexity index is 1810. The van der Waals surface area contributed by atoms with E-state index in [9.17, 15) is 9.18 Å². The topological polar surface area (TPSA) is 50.7 Å². The van der Waals surface area contributed by atoms with Crippen LogP contribution in [-0.4, -0.2) is 25.8 Å². The molecule has 47 heavy (non-hydrogen) atoms. The number of nitrogens with one attached hydrogen (secondary N) is 1. The summed E-state index contributed by atoms with van der Waals surface area (Å²) in [5, 5.41) is 2.72. The Kier molecular flexibility index (Phi) is 10.3. The molecule has 0 radical (unpaired) electrons. The van der Waals surface area contributed by atoms with Crippen LogP contribution >= 0.6 is 0 Å². The molecular weight excluding hydrogens is 583 g/mol. The van der Waals surface area contributed by atoms with Gasteiger partial charge in [-0.05, 0) is 132 Å². The van der Waals surface area contributed by atoms with E-state index in [4.69, 9.17) is 9.73 Å². The van der Waals surface area contributed by atoms with Crippen LogP contribution in [0.3, 0.4) is 0 Å². The van der Waals surface area contributed by atoms with E-state index in [-0.39, 0.29) is 17.1 Å². The maximum atomic E-state index is 14.7. The molecular formula is C42H45FN2O2. The number of aliphatic imine (C=N–C) groups is 1. The van der Waals surface area contributed by atoms with Gasteiger partial charge in [0.15, 0.2) is 11.6 Å². The van der Waals surface area contributed by atoms with Gasteiger partial charge in [-0.2, -0.15) is 0 Å². The molecule has 0 aromatic heterocycles. The summed E-state index contributed by atoms with van der Waals surface area (Å²) >= 11 is 0. The Morgan fingerprint density at radius 2 is 2.00 bits per heavy atom. The summed E-state index contributed by atoms with van der Waals surface area (Å²) in [5.74, 6) is 0.253. The fourth-order valence-corrected chi connectivity index (χ4v) is 7.03. The Hall–Kier alpha value is -4.73. The van der Waals surface area contributed by atoms with E-state index < -0.39 is 5.82 Å². The number of allylic oxidation sites excluding steroid dienone is 15. The second-order valence-corrected chi connectivity index (χ2v) is 13.1. The van der Waals surface area contributed by atoms with Gasteiger partial charge in [0, 0.05) is 23.9 Å². The predicted octanol–water partition coefficient (Wildman–Crippen LogP) is 9.80. The van der Waals surface area contributed by atoms with Crippen LogP contribution in [0.15, 0.2) is 142 Å². The highest BCUT2D eigenvalue weighted by Crippen LogP contribution is 2.49. The average Bonchev–Trinajstić information content (AvgIpc) is 3.22. The van der Waals surface area contributed by atoms with Gasteiger partial charge in [0.2, 0.25) is 5.91 Å². The molecule has 3 aliphatic carbocycles. The van der Waals surface area contributed by atoms with Gasteiger partial charge >= 0.3 is 0 Å². The maximum absolute atomic E-state index is 14.7. The highest BCUT2D eigenvalue weighted by molar-refractivity contribution is 6.05. The number of carbonyl (C=O) groups is 1. The summed E-state index contributed by atoms with van der Waals surface area (Å²) in [4.78, 5) is 17.0. The monoisotopic (exact) mass is 628 g/mol. The first-order valence-electron chi connectivity index (χ1n) is 16.4. The van der Waals surface area contributed by atoms with Crippen molar-refractivity contribution in [3.05, 3.63) is 148 Å². The summed E-state index contributed by atoms with van der Waals surface area (Å²) < 4.78 is 19.9.